The fourth-order valence-electron chi connectivity index (χ4n) is 4.08. The molecular weight excluding hydrogens is 461 g/mol. The lowest BCUT2D eigenvalue weighted by Gasteiger charge is -2.13. The molecule has 2 N–H and O–H groups in total. The molecule has 0 amide bonds. The molecule has 0 atom stereocenters. The van der Waals surface area contributed by atoms with E-state index < -0.39 is 5.97 Å². The number of ketones is 1. The lowest BCUT2D eigenvalue weighted by molar-refractivity contribution is -0.136. The molecule has 0 aliphatic rings. The number of aromatic amines is 1. The summed E-state index contributed by atoms with van der Waals surface area (Å²) in [6.07, 6.45) is 3.98. The van der Waals surface area contributed by atoms with Crippen LogP contribution in [0.3, 0.4) is 0 Å². The van der Waals surface area contributed by atoms with Crippen molar-refractivity contribution in [3.8, 4) is 11.5 Å². The molecule has 7 heteroatoms. The molecule has 0 bridgehead atoms. The first kappa shape index (κ1) is 25.0. The number of fused-ring (bicyclic) bond motifs is 1. The first-order chi connectivity index (χ1) is 17.4. The molecule has 0 unspecified atom stereocenters. The van der Waals surface area contributed by atoms with Crippen LogP contribution in [0.2, 0.25) is 0 Å². The number of carboxylic acid groups (broad SMARTS) is 1. The van der Waals surface area contributed by atoms with Gasteiger partial charge in [0, 0.05) is 34.6 Å². The summed E-state index contributed by atoms with van der Waals surface area (Å²) in [5, 5.41) is 9.92. The number of rotatable bonds is 12. The van der Waals surface area contributed by atoms with Crippen molar-refractivity contribution in [3.05, 3.63) is 94.9 Å². The molecule has 0 aliphatic carbocycles. The van der Waals surface area contributed by atoms with Crippen LogP contribution < -0.4 is 9.47 Å². The van der Waals surface area contributed by atoms with Gasteiger partial charge in [-0.2, -0.15) is 0 Å². The Kier molecular flexibility index (Phi) is 8.00. The lowest BCUT2D eigenvalue weighted by Crippen LogP contribution is -2.08. The molecule has 0 aliphatic heterocycles. The van der Waals surface area contributed by atoms with Crippen molar-refractivity contribution >= 4 is 22.7 Å². The maximum Gasteiger partial charge on any atom is 0.307 e. The van der Waals surface area contributed by atoms with Gasteiger partial charge in [-0.3, -0.25) is 9.59 Å². The molecule has 4 rings (SSSR count). The van der Waals surface area contributed by atoms with E-state index >= 15 is 0 Å². The summed E-state index contributed by atoms with van der Waals surface area (Å²) in [5.41, 5.74) is 3.53. The van der Waals surface area contributed by atoms with Gasteiger partial charge in [0.2, 0.25) is 0 Å². The van der Waals surface area contributed by atoms with Crippen molar-refractivity contribution in [1.29, 1.82) is 0 Å². The molecule has 36 heavy (non-hydrogen) atoms. The Hall–Kier alpha value is -4.13. The molecule has 6 nitrogen and oxygen atoms in total. The van der Waals surface area contributed by atoms with E-state index in [0.717, 1.165) is 40.6 Å². The molecule has 186 valence electrons. The SMILES string of the molecule is CCCc1cc(C(=O)c2ccc(F)cc2)ccc1OCCCOc1ccc2[nH]cc(CC(=O)O)c2c1. The minimum absolute atomic E-state index is 0.0499. The zero-order valence-corrected chi connectivity index (χ0v) is 20.1. The number of ether oxygens (including phenoxy) is 2. The normalized spacial score (nSPS) is 10.9. The van der Waals surface area contributed by atoms with Crippen molar-refractivity contribution in [2.75, 3.05) is 13.2 Å². The summed E-state index contributed by atoms with van der Waals surface area (Å²) < 4.78 is 25.0. The maximum absolute atomic E-state index is 13.2. The highest BCUT2D eigenvalue weighted by atomic mass is 19.1. The number of aryl methyl sites for hydroxylation is 1. The van der Waals surface area contributed by atoms with Crippen molar-refractivity contribution in [2.45, 2.75) is 32.6 Å². The highest BCUT2D eigenvalue weighted by Crippen LogP contribution is 2.26. The van der Waals surface area contributed by atoms with Gasteiger partial charge >= 0.3 is 5.97 Å². The third-order valence-corrected chi connectivity index (χ3v) is 5.84. The van der Waals surface area contributed by atoms with Crippen molar-refractivity contribution < 1.29 is 28.6 Å². The second kappa shape index (κ2) is 11.5. The predicted octanol–water partition coefficient (Wildman–Crippen LogP) is 5.97. The number of aromatic nitrogens is 1. The number of H-pyrrole nitrogens is 1. The smallest absolute Gasteiger partial charge is 0.307 e. The molecular formula is C29H28FNO5. The van der Waals surface area contributed by atoms with Crippen LogP contribution in [0.5, 0.6) is 11.5 Å². The maximum atomic E-state index is 13.2. The number of aliphatic carboxylic acids is 1. The number of hydrogen-bond acceptors (Lipinski definition) is 4. The predicted molar refractivity (Wildman–Crippen MR) is 136 cm³/mol. The van der Waals surface area contributed by atoms with Gasteiger partial charge in [-0.25, -0.2) is 4.39 Å². The number of halogens is 1. The van der Waals surface area contributed by atoms with Crippen LogP contribution in [0.4, 0.5) is 4.39 Å². The lowest BCUT2D eigenvalue weighted by atomic mass is 9.99. The monoisotopic (exact) mass is 489 g/mol. The molecule has 0 saturated heterocycles. The molecule has 0 saturated carbocycles. The van der Waals surface area contributed by atoms with Gasteiger partial charge in [0.05, 0.1) is 19.6 Å². The van der Waals surface area contributed by atoms with Crippen molar-refractivity contribution in [1.82, 2.24) is 4.98 Å². The van der Waals surface area contributed by atoms with E-state index in [1.165, 1.54) is 24.3 Å². The zero-order valence-electron chi connectivity index (χ0n) is 20.1. The summed E-state index contributed by atoms with van der Waals surface area (Å²) in [6, 6.07) is 16.5. The Morgan fingerprint density at radius 2 is 1.67 bits per heavy atom. The van der Waals surface area contributed by atoms with Gasteiger partial charge in [0.25, 0.3) is 0 Å². The molecule has 0 spiro atoms. The molecule has 4 aromatic rings. The van der Waals surface area contributed by atoms with Gasteiger partial charge in [0.1, 0.15) is 17.3 Å². The summed E-state index contributed by atoms with van der Waals surface area (Å²) in [7, 11) is 0. The highest BCUT2D eigenvalue weighted by molar-refractivity contribution is 6.09. The molecule has 1 aromatic heterocycles. The Balaban J connectivity index is 1.33. The van der Waals surface area contributed by atoms with E-state index in [0.29, 0.717) is 36.5 Å². The van der Waals surface area contributed by atoms with E-state index in [4.69, 9.17) is 14.6 Å². The average Bonchev–Trinajstić information content (AvgIpc) is 3.26. The van der Waals surface area contributed by atoms with Crippen LogP contribution in [-0.2, 0) is 17.6 Å². The standard InChI is InChI=1S/C29H28FNO5/c1-2-4-20-15-21(29(34)19-5-8-23(30)9-6-19)7-12-27(20)36-14-3-13-35-24-10-11-26-25(17-24)22(18-31-26)16-28(32)33/h5-12,15,17-18,31H,2-4,13-14,16H2,1H3,(H,32,33). The molecule has 3 aromatic carbocycles. The third-order valence-electron chi connectivity index (χ3n) is 5.84. The van der Waals surface area contributed by atoms with E-state index in [2.05, 4.69) is 11.9 Å². The Morgan fingerprint density at radius 1 is 0.917 bits per heavy atom. The number of nitrogens with one attached hydrogen (secondary N) is 1. The number of carboxylic acids is 1. The second-order valence-electron chi connectivity index (χ2n) is 8.55. The third kappa shape index (κ3) is 6.10. The van der Waals surface area contributed by atoms with Gasteiger partial charge < -0.3 is 19.6 Å². The summed E-state index contributed by atoms with van der Waals surface area (Å²) in [4.78, 5) is 26.9. The summed E-state index contributed by atoms with van der Waals surface area (Å²) in [5.74, 6) is -0.00425. The second-order valence-corrected chi connectivity index (χ2v) is 8.55. The van der Waals surface area contributed by atoms with Crippen LogP contribution in [0.1, 0.15) is 46.8 Å². The topological polar surface area (TPSA) is 88.6 Å². The van der Waals surface area contributed by atoms with Gasteiger partial charge in [0.15, 0.2) is 5.78 Å². The zero-order chi connectivity index (χ0) is 25.5. The fraction of sp³-hybridized carbons (Fsp3) is 0.241. The number of carbonyl (C=O) groups excluding carboxylic acids is 1. The van der Waals surface area contributed by atoms with Crippen LogP contribution >= 0.6 is 0 Å². The van der Waals surface area contributed by atoms with Crippen LogP contribution in [0.25, 0.3) is 10.9 Å². The molecule has 0 fully saturated rings. The van der Waals surface area contributed by atoms with E-state index in [-0.39, 0.29) is 18.0 Å². The Morgan fingerprint density at radius 3 is 2.42 bits per heavy atom. The van der Waals surface area contributed by atoms with E-state index in [9.17, 15) is 14.0 Å². The molecule has 1 heterocycles. The molecule has 0 radical (unpaired) electrons. The largest absolute Gasteiger partial charge is 0.493 e. The fourth-order valence-corrected chi connectivity index (χ4v) is 4.08. The Bertz CT molecular complexity index is 1360. The summed E-state index contributed by atoms with van der Waals surface area (Å²) >= 11 is 0. The van der Waals surface area contributed by atoms with Gasteiger partial charge in [-0.05, 0) is 78.2 Å². The first-order valence-corrected chi connectivity index (χ1v) is 11.9. The minimum Gasteiger partial charge on any atom is -0.493 e. The van der Waals surface area contributed by atoms with E-state index in [1.54, 1.807) is 12.3 Å². The van der Waals surface area contributed by atoms with Crippen LogP contribution in [0.15, 0.2) is 66.9 Å². The quantitative estimate of drug-likeness (QED) is 0.189. The van der Waals surface area contributed by atoms with Crippen molar-refractivity contribution in [2.24, 2.45) is 0 Å². The minimum atomic E-state index is -0.880. The number of carbonyl (C=O) groups is 2. The van der Waals surface area contributed by atoms with E-state index in [1.807, 2.05) is 30.3 Å². The number of hydrogen-bond donors (Lipinski definition) is 2. The Labute approximate surface area is 208 Å². The number of benzene rings is 3. The van der Waals surface area contributed by atoms with Gasteiger partial charge in [-0.15, -0.1) is 0 Å². The van der Waals surface area contributed by atoms with Crippen molar-refractivity contribution in [3.63, 3.8) is 0 Å². The highest BCUT2D eigenvalue weighted by Gasteiger charge is 2.13. The average molecular weight is 490 g/mol. The van der Waals surface area contributed by atoms with Crippen LogP contribution in [-0.4, -0.2) is 35.1 Å². The van der Waals surface area contributed by atoms with Gasteiger partial charge in [-0.1, -0.05) is 13.3 Å². The summed E-state index contributed by atoms with van der Waals surface area (Å²) in [6.45, 7) is 2.95. The first-order valence-electron chi connectivity index (χ1n) is 11.9. The van der Waals surface area contributed by atoms with Crippen LogP contribution in [0, 0.1) is 5.82 Å².